The molecule has 1 aliphatic heterocycles. The summed E-state index contributed by atoms with van der Waals surface area (Å²) >= 11 is 3.35. The molecule has 96 valence electrons. The summed E-state index contributed by atoms with van der Waals surface area (Å²) in [6.07, 6.45) is 0.389. The lowest BCUT2D eigenvalue weighted by atomic mass is 10.2. The molecule has 1 fully saturated rings. The average Bonchev–Trinajstić information content (AvgIpc) is 2.67. The van der Waals surface area contributed by atoms with Crippen molar-refractivity contribution in [2.45, 2.75) is 11.2 Å². The van der Waals surface area contributed by atoms with E-state index in [0.717, 1.165) is 0 Å². The Hall–Kier alpha value is -1.43. The molecule has 0 bridgehead atoms. The van der Waals surface area contributed by atoms with Crippen LogP contribution in [0.25, 0.3) is 0 Å². The van der Waals surface area contributed by atoms with E-state index in [1.807, 2.05) is 0 Å². The molecule has 1 aromatic rings. The molecule has 1 aromatic carbocycles. The fraction of sp³-hybridized carbons (Fsp3) is 0.333. The van der Waals surface area contributed by atoms with Gasteiger partial charge in [0.15, 0.2) is 0 Å². The van der Waals surface area contributed by atoms with Crippen LogP contribution in [0, 0.1) is 5.82 Å². The van der Waals surface area contributed by atoms with Crippen LogP contribution in [0.4, 0.5) is 10.1 Å². The second-order valence-corrected chi connectivity index (χ2v) is 5.26. The van der Waals surface area contributed by atoms with Crippen LogP contribution in [0.2, 0.25) is 0 Å². The number of esters is 1. The number of rotatable bonds is 2. The normalized spacial score (nSPS) is 19.2. The van der Waals surface area contributed by atoms with Crippen molar-refractivity contribution in [2.75, 3.05) is 18.6 Å². The molecule has 1 unspecified atom stereocenters. The van der Waals surface area contributed by atoms with E-state index in [0.29, 0.717) is 18.7 Å². The molecule has 1 amide bonds. The summed E-state index contributed by atoms with van der Waals surface area (Å²) in [5, 5.41) is 0. The number of hydrogen-bond acceptors (Lipinski definition) is 3. The lowest BCUT2D eigenvalue weighted by molar-refractivity contribution is -0.117. The summed E-state index contributed by atoms with van der Waals surface area (Å²) in [7, 11) is 1.19. The number of benzene rings is 1. The molecule has 18 heavy (non-hydrogen) atoms. The maximum absolute atomic E-state index is 13.7. The Morgan fingerprint density at radius 3 is 2.78 bits per heavy atom. The first-order valence-electron chi connectivity index (χ1n) is 5.35. The highest BCUT2D eigenvalue weighted by Crippen LogP contribution is 2.26. The lowest BCUT2D eigenvalue weighted by Crippen LogP contribution is -2.24. The van der Waals surface area contributed by atoms with Crippen LogP contribution in [-0.2, 0) is 9.53 Å². The predicted octanol–water partition coefficient (Wildman–Crippen LogP) is 2.11. The number of nitrogens with zero attached hydrogens (tertiary/aromatic N) is 1. The third kappa shape index (κ3) is 2.38. The minimum Gasteiger partial charge on any atom is -0.465 e. The Balaban J connectivity index is 2.29. The Labute approximate surface area is 112 Å². The van der Waals surface area contributed by atoms with Crippen molar-refractivity contribution in [3.8, 4) is 0 Å². The van der Waals surface area contributed by atoms with Gasteiger partial charge in [0.25, 0.3) is 0 Å². The Morgan fingerprint density at radius 1 is 1.56 bits per heavy atom. The van der Waals surface area contributed by atoms with Gasteiger partial charge in [0.2, 0.25) is 5.91 Å². The number of carbonyl (C=O) groups excluding carboxylic acids is 2. The van der Waals surface area contributed by atoms with Gasteiger partial charge in [-0.1, -0.05) is 15.9 Å². The third-order valence-corrected chi connectivity index (χ3v) is 3.36. The van der Waals surface area contributed by atoms with Gasteiger partial charge >= 0.3 is 5.97 Å². The molecule has 1 heterocycles. The fourth-order valence-corrected chi connectivity index (χ4v) is 2.43. The Morgan fingerprint density at radius 2 is 2.28 bits per heavy atom. The second kappa shape index (κ2) is 5.06. The number of halogens is 2. The minimum atomic E-state index is -0.731. The minimum absolute atomic E-state index is 0.0675. The average molecular weight is 316 g/mol. The topological polar surface area (TPSA) is 46.6 Å². The van der Waals surface area contributed by atoms with Crippen molar-refractivity contribution in [1.82, 2.24) is 0 Å². The number of ether oxygens (including phenoxy) is 1. The Kier molecular flexibility index (Phi) is 3.65. The quantitative estimate of drug-likeness (QED) is 0.620. The SMILES string of the molecule is COC(=O)c1ccc(N2CC(Br)CC2=O)cc1F. The summed E-state index contributed by atoms with van der Waals surface area (Å²) in [5.41, 5.74) is 0.315. The molecule has 0 N–H and O–H groups in total. The molecular formula is C12H11BrFNO3. The van der Waals surface area contributed by atoms with Crippen LogP contribution < -0.4 is 4.90 Å². The van der Waals surface area contributed by atoms with Crippen molar-refractivity contribution in [1.29, 1.82) is 0 Å². The van der Waals surface area contributed by atoms with Gasteiger partial charge in [0, 0.05) is 23.5 Å². The van der Waals surface area contributed by atoms with Gasteiger partial charge in [-0.25, -0.2) is 9.18 Å². The summed E-state index contributed by atoms with van der Waals surface area (Å²) in [6, 6.07) is 4.04. The molecule has 0 spiro atoms. The summed E-state index contributed by atoms with van der Waals surface area (Å²) < 4.78 is 18.2. The van der Waals surface area contributed by atoms with Gasteiger partial charge < -0.3 is 9.64 Å². The van der Waals surface area contributed by atoms with Crippen LogP contribution in [0.15, 0.2) is 18.2 Å². The predicted molar refractivity (Wildman–Crippen MR) is 67.4 cm³/mol. The highest BCUT2D eigenvalue weighted by Gasteiger charge is 2.29. The van der Waals surface area contributed by atoms with E-state index in [1.54, 1.807) is 0 Å². The maximum atomic E-state index is 13.7. The molecule has 1 saturated heterocycles. The molecule has 0 saturated carbocycles. The maximum Gasteiger partial charge on any atom is 0.340 e. The zero-order valence-electron chi connectivity index (χ0n) is 9.65. The van der Waals surface area contributed by atoms with E-state index < -0.39 is 11.8 Å². The number of hydrogen-bond donors (Lipinski definition) is 0. The van der Waals surface area contributed by atoms with Crippen LogP contribution in [0.3, 0.4) is 0 Å². The van der Waals surface area contributed by atoms with Gasteiger partial charge in [-0.15, -0.1) is 0 Å². The molecule has 1 aliphatic rings. The van der Waals surface area contributed by atoms with E-state index >= 15 is 0 Å². The standard InChI is InChI=1S/C12H11BrFNO3/c1-18-12(17)9-3-2-8(5-10(9)14)15-6-7(13)4-11(15)16/h2-3,5,7H,4,6H2,1H3. The zero-order valence-corrected chi connectivity index (χ0v) is 11.2. The van der Waals surface area contributed by atoms with Crippen molar-refractivity contribution >= 4 is 33.5 Å². The highest BCUT2D eigenvalue weighted by atomic mass is 79.9. The third-order valence-electron chi connectivity index (χ3n) is 2.75. The van der Waals surface area contributed by atoms with Gasteiger partial charge in [0.1, 0.15) is 5.82 Å². The number of anilines is 1. The van der Waals surface area contributed by atoms with E-state index in [2.05, 4.69) is 20.7 Å². The van der Waals surface area contributed by atoms with Crippen molar-refractivity contribution in [2.24, 2.45) is 0 Å². The molecule has 0 aromatic heterocycles. The number of alkyl halides is 1. The van der Waals surface area contributed by atoms with E-state index in [4.69, 9.17) is 0 Å². The fourth-order valence-electron chi connectivity index (χ4n) is 1.86. The monoisotopic (exact) mass is 315 g/mol. The van der Waals surface area contributed by atoms with E-state index in [9.17, 15) is 14.0 Å². The number of amides is 1. The van der Waals surface area contributed by atoms with E-state index in [1.165, 1.54) is 30.2 Å². The lowest BCUT2D eigenvalue weighted by Gasteiger charge is -2.16. The molecule has 0 radical (unpaired) electrons. The molecule has 1 atom stereocenters. The largest absolute Gasteiger partial charge is 0.465 e. The number of methoxy groups -OCH3 is 1. The summed E-state index contributed by atoms with van der Waals surface area (Å²) in [4.78, 5) is 24.5. The molecular weight excluding hydrogens is 305 g/mol. The van der Waals surface area contributed by atoms with Crippen LogP contribution in [-0.4, -0.2) is 30.4 Å². The first-order valence-corrected chi connectivity index (χ1v) is 6.27. The molecule has 4 nitrogen and oxygen atoms in total. The van der Waals surface area contributed by atoms with Crippen LogP contribution in [0.1, 0.15) is 16.8 Å². The number of carbonyl (C=O) groups is 2. The molecule has 2 rings (SSSR count). The van der Waals surface area contributed by atoms with Crippen molar-refractivity contribution < 1.29 is 18.7 Å². The molecule has 6 heteroatoms. The van der Waals surface area contributed by atoms with Crippen molar-refractivity contribution in [3.63, 3.8) is 0 Å². The first kappa shape index (κ1) is 13.0. The van der Waals surface area contributed by atoms with Crippen LogP contribution >= 0.6 is 15.9 Å². The summed E-state index contributed by atoms with van der Waals surface area (Å²) in [6.45, 7) is 0.496. The smallest absolute Gasteiger partial charge is 0.340 e. The van der Waals surface area contributed by atoms with Gasteiger partial charge in [-0.05, 0) is 18.2 Å². The van der Waals surface area contributed by atoms with Gasteiger partial charge in [-0.3, -0.25) is 4.79 Å². The molecule has 0 aliphatic carbocycles. The Bertz CT molecular complexity index is 506. The first-order chi connectivity index (χ1) is 8.52. The highest BCUT2D eigenvalue weighted by molar-refractivity contribution is 9.09. The van der Waals surface area contributed by atoms with Crippen molar-refractivity contribution in [3.05, 3.63) is 29.6 Å². The zero-order chi connectivity index (χ0) is 13.3. The van der Waals surface area contributed by atoms with E-state index in [-0.39, 0.29) is 16.3 Å². The van der Waals surface area contributed by atoms with Gasteiger partial charge in [0.05, 0.1) is 12.7 Å². The van der Waals surface area contributed by atoms with Gasteiger partial charge in [-0.2, -0.15) is 0 Å². The van der Waals surface area contributed by atoms with Crippen LogP contribution in [0.5, 0.6) is 0 Å². The second-order valence-electron chi connectivity index (χ2n) is 3.96. The summed E-state index contributed by atoms with van der Waals surface area (Å²) in [5.74, 6) is -1.49.